The average Bonchev–Trinajstić information content (AvgIpc) is 2.41. The van der Waals surface area contributed by atoms with E-state index < -0.39 is 10.0 Å². The molecule has 1 aromatic carbocycles. The summed E-state index contributed by atoms with van der Waals surface area (Å²) in [5.41, 5.74) is 1.29. The van der Waals surface area contributed by atoms with E-state index in [-0.39, 0.29) is 16.7 Å². The highest BCUT2D eigenvalue weighted by atomic mass is 32.2. The Morgan fingerprint density at radius 2 is 2.20 bits per heavy atom. The van der Waals surface area contributed by atoms with E-state index in [1.165, 1.54) is 12.1 Å². The van der Waals surface area contributed by atoms with Crippen LogP contribution in [0.3, 0.4) is 0 Å². The highest BCUT2D eigenvalue weighted by molar-refractivity contribution is 7.89. The van der Waals surface area contributed by atoms with Crippen molar-refractivity contribution in [3.05, 3.63) is 23.8 Å². The highest BCUT2D eigenvalue weighted by Crippen LogP contribution is 2.21. The molecule has 0 aliphatic carbocycles. The molecule has 0 bridgehead atoms. The van der Waals surface area contributed by atoms with Crippen molar-refractivity contribution >= 4 is 21.6 Å². The Kier molecular flexibility index (Phi) is 4.42. The first-order valence-corrected chi connectivity index (χ1v) is 8.07. The van der Waals surface area contributed by atoms with E-state index in [0.29, 0.717) is 12.2 Å². The number of sulfonamides is 1. The van der Waals surface area contributed by atoms with Gasteiger partial charge in [-0.1, -0.05) is 6.07 Å². The molecule has 0 aromatic heterocycles. The molecule has 110 valence electrons. The fourth-order valence-corrected chi connectivity index (χ4v) is 2.76. The summed E-state index contributed by atoms with van der Waals surface area (Å²) in [6.07, 6.45) is 1.81. The maximum atomic E-state index is 12.1. The lowest BCUT2D eigenvalue weighted by Gasteiger charge is -2.22. The van der Waals surface area contributed by atoms with Crippen molar-refractivity contribution in [2.75, 3.05) is 18.4 Å². The van der Waals surface area contributed by atoms with Crippen molar-refractivity contribution in [3.63, 3.8) is 0 Å². The highest BCUT2D eigenvalue weighted by Gasteiger charge is 2.21. The lowest BCUT2D eigenvalue weighted by molar-refractivity contribution is -0.120. The van der Waals surface area contributed by atoms with Gasteiger partial charge in [0.2, 0.25) is 15.9 Å². The van der Waals surface area contributed by atoms with Crippen molar-refractivity contribution in [1.29, 1.82) is 0 Å². The fourth-order valence-electron chi connectivity index (χ4n) is 2.22. The predicted molar refractivity (Wildman–Crippen MR) is 76.8 cm³/mol. The van der Waals surface area contributed by atoms with Crippen LogP contribution in [0.25, 0.3) is 0 Å². The quantitative estimate of drug-likeness (QED) is 0.759. The number of carbonyl (C=O) groups is 1. The Balaban J connectivity index is 2.18. The van der Waals surface area contributed by atoms with Crippen molar-refractivity contribution in [3.8, 4) is 0 Å². The number of benzene rings is 1. The van der Waals surface area contributed by atoms with Crippen LogP contribution in [-0.2, 0) is 14.8 Å². The smallest absolute Gasteiger partial charge is 0.238 e. The minimum absolute atomic E-state index is 0.000157. The summed E-state index contributed by atoms with van der Waals surface area (Å²) < 4.78 is 22.7. The lowest BCUT2D eigenvalue weighted by atomic mass is 9.98. The molecule has 1 amide bonds. The molecular formula is C13H19N3O3S. The number of carbonyl (C=O) groups excluding carboxylic acids is 1. The second kappa shape index (κ2) is 5.90. The average molecular weight is 297 g/mol. The van der Waals surface area contributed by atoms with E-state index in [9.17, 15) is 13.2 Å². The van der Waals surface area contributed by atoms with Gasteiger partial charge in [0.05, 0.1) is 10.8 Å². The molecule has 20 heavy (non-hydrogen) atoms. The van der Waals surface area contributed by atoms with Crippen molar-refractivity contribution in [2.45, 2.75) is 24.7 Å². The normalized spacial score (nSPS) is 19.6. The zero-order chi connectivity index (χ0) is 14.8. The lowest BCUT2D eigenvalue weighted by Crippen LogP contribution is -2.37. The second-order valence-corrected chi connectivity index (χ2v) is 6.62. The number of hydrogen-bond donors (Lipinski definition) is 3. The summed E-state index contributed by atoms with van der Waals surface area (Å²) in [5, 5.41) is 11.1. The van der Waals surface area contributed by atoms with Crippen LogP contribution in [-0.4, -0.2) is 27.4 Å². The van der Waals surface area contributed by atoms with Gasteiger partial charge in [0.1, 0.15) is 0 Å². The van der Waals surface area contributed by atoms with Gasteiger partial charge in [-0.15, -0.1) is 0 Å². The van der Waals surface area contributed by atoms with Gasteiger partial charge >= 0.3 is 0 Å². The number of nitrogens with one attached hydrogen (secondary N) is 2. The third-order valence-electron chi connectivity index (χ3n) is 3.46. The molecule has 0 spiro atoms. The molecule has 1 atom stereocenters. The van der Waals surface area contributed by atoms with Gasteiger partial charge in [0, 0.05) is 12.2 Å². The van der Waals surface area contributed by atoms with Crippen LogP contribution in [0.4, 0.5) is 5.69 Å². The Hall–Kier alpha value is -1.44. The molecule has 1 fully saturated rings. The number of nitrogens with two attached hydrogens (primary N) is 1. The van der Waals surface area contributed by atoms with Crippen LogP contribution in [0.1, 0.15) is 18.4 Å². The van der Waals surface area contributed by atoms with Gasteiger partial charge in [0.15, 0.2) is 0 Å². The van der Waals surface area contributed by atoms with Crippen LogP contribution >= 0.6 is 0 Å². The molecule has 1 aromatic rings. The molecule has 7 heteroatoms. The zero-order valence-electron chi connectivity index (χ0n) is 11.3. The summed E-state index contributed by atoms with van der Waals surface area (Å²) in [4.78, 5) is 12.1. The van der Waals surface area contributed by atoms with Gasteiger partial charge in [-0.25, -0.2) is 13.6 Å². The largest absolute Gasteiger partial charge is 0.326 e. The van der Waals surface area contributed by atoms with Crippen LogP contribution in [0, 0.1) is 12.8 Å². The summed E-state index contributed by atoms with van der Waals surface area (Å²) in [7, 11) is -3.77. The summed E-state index contributed by atoms with van der Waals surface area (Å²) in [6, 6.07) is 4.47. The molecule has 1 saturated heterocycles. The molecule has 0 unspecified atom stereocenters. The molecule has 1 aliphatic rings. The predicted octanol–water partition coefficient (Wildman–Crippen LogP) is 0.581. The third kappa shape index (κ3) is 3.56. The molecule has 6 nitrogen and oxygen atoms in total. The van der Waals surface area contributed by atoms with Gasteiger partial charge in [0.25, 0.3) is 0 Å². The third-order valence-corrected chi connectivity index (χ3v) is 4.37. The van der Waals surface area contributed by atoms with E-state index in [4.69, 9.17) is 5.14 Å². The minimum Gasteiger partial charge on any atom is -0.326 e. The maximum Gasteiger partial charge on any atom is 0.238 e. The number of aryl methyl sites for hydroxylation is 1. The maximum absolute atomic E-state index is 12.1. The van der Waals surface area contributed by atoms with Gasteiger partial charge in [-0.2, -0.15) is 0 Å². The summed E-state index contributed by atoms with van der Waals surface area (Å²) in [5.74, 6) is -0.173. The Morgan fingerprint density at radius 1 is 1.45 bits per heavy atom. The van der Waals surface area contributed by atoms with E-state index in [1.54, 1.807) is 6.07 Å². The SMILES string of the molecule is Cc1ccc(S(N)(=O)=O)cc1NC(=O)[C@H]1CCCNC1. The Morgan fingerprint density at radius 3 is 2.80 bits per heavy atom. The zero-order valence-corrected chi connectivity index (χ0v) is 12.2. The first-order chi connectivity index (χ1) is 9.38. The van der Waals surface area contributed by atoms with Crippen LogP contribution in [0.2, 0.25) is 0 Å². The number of rotatable bonds is 3. The van der Waals surface area contributed by atoms with E-state index >= 15 is 0 Å². The van der Waals surface area contributed by atoms with Crippen molar-refractivity contribution < 1.29 is 13.2 Å². The van der Waals surface area contributed by atoms with Gasteiger partial charge in [-0.05, 0) is 44.0 Å². The summed E-state index contributed by atoms with van der Waals surface area (Å²) >= 11 is 0. The molecular weight excluding hydrogens is 278 g/mol. The monoisotopic (exact) mass is 297 g/mol. The minimum atomic E-state index is -3.77. The van der Waals surface area contributed by atoms with Gasteiger partial charge in [-0.3, -0.25) is 4.79 Å². The number of anilines is 1. The number of piperidine rings is 1. The van der Waals surface area contributed by atoms with Crippen molar-refractivity contribution in [1.82, 2.24) is 5.32 Å². The van der Waals surface area contributed by atoms with Gasteiger partial charge < -0.3 is 10.6 Å². The van der Waals surface area contributed by atoms with E-state index in [0.717, 1.165) is 24.9 Å². The number of primary sulfonamides is 1. The van der Waals surface area contributed by atoms with E-state index in [1.807, 2.05) is 6.92 Å². The van der Waals surface area contributed by atoms with Crippen LogP contribution in [0.15, 0.2) is 23.1 Å². The van der Waals surface area contributed by atoms with Crippen molar-refractivity contribution in [2.24, 2.45) is 11.1 Å². The molecule has 0 saturated carbocycles. The molecule has 4 N–H and O–H groups in total. The molecule has 1 aliphatic heterocycles. The first kappa shape index (κ1) is 15.0. The Bertz CT molecular complexity index is 607. The molecule has 1 heterocycles. The van der Waals surface area contributed by atoms with Crippen LogP contribution in [0.5, 0.6) is 0 Å². The topological polar surface area (TPSA) is 101 Å². The van der Waals surface area contributed by atoms with E-state index in [2.05, 4.69) is 10.6 Å². The standard InChI is InChI=1S/C13H19N3O3S/c1-9-4-5-11(20(14,18)19)7-12(9)16-13(17)10-3-2-6-15-8-10/h4-5,7,10,15H,2-3,6,8H2,1H3,(H,16,17)(H2,14,18,19)/t10-/m0/s1. The first-order valence-electron chi connectivity index (χ1n) is 6.53. The Labute approximate surface area is 118 Å². The summed E-state index contributed by atoms with van der Waals surface area (Å²) in [6.45, 7) is 3.39. The fraction of sp³-hybridized carbons (Fsp3) is 0.462. The number of amides is 1. The molecule has 0 radical (unpaired) electrons. The van der Waals surface area contributed by atoms with Crippen LogP contribution < -0.4 is 15.8 Å². The number of hydrogen-bond acceptors (Lipinski definition) is 4. The molecule has 2 rings (SSSR count). The second-order valence-electron chi connectivity index (χ2n) is 5.05.